The van der Waals surface area contributed by atoms with Crippen LogP contribution in [0.5, 0.6) is 0 Å². The Hall–Kier alpha value is -2.33. The summed E-state index contributed by atoms with van der Waals surface area (Å²) in [5, 5.41) is 7.89. The first-order chi connectivity index (χ1) is 18.5. The van der Waals surface area contributed by atoms with Crippen LogP contribution in [0.2, 0.25) is 0 Å². The number of aromatic nitrogens is 2. The number of carbonyl (C=O) groups is 2. The lowest BCUT2D eigenvalue weighted by Crippen LogP contribution is -2.54. The van der Waals surface area contributed by atoms with Gasteiger partial charge in [0.05, 0.1) is 12.4 Å². The second-order valence-corrected chi connectivity index (χ2v) is 13.2. The van der Waals surface area contributed by atoms with Crippen molar-refractivity contribution in [2.45, 2.75) is 100 Å². The molecule has 39 heavy (non-hydrogen) atoms. The number of nitrogens with zero attached hydrogens (tertiary/aromatic N) is 3. The van der Waals surface area contributed by atoms with Crippen LogP contribution >= 0.6 is 27.7 Å². The van der Waals surface area contributed by atoms with Crippen molar-refractivity contribution >= 4 is 51.2 Å². The Kier molecular flexibility index (Phi) is 11.9. The van der Waals surface area contributed by atoms with Gasteiger partial charge in [0.2, 0.25) is 5.91 Å². The van der Waals surface area contributed by atoms with Gasteiger partial charge in [-0.2, -0.15) is 0 Å². The number of nitrogens with one attached hydrogen (secondary N) is 2. The number of amides is 2. The summed E-state index contributed by atoms with van der Waals surface area (Å²) >= 11 is 4.97. The van der Waals surface area contributed by atoms with Crippen LogP contribution in [0.3, 0.4) is 0 Å². The first kappa shape index (κ1) is 31.2. The molecular formula is C29H42BrN5O3S. The van der Waals surface area contributed by atoms with E-state index in [2.05, 4.69) is 48.4 Å². The average molecular weight is 621 g/mol. The maximum atomic E-state index is 12.3. The third kappa shape index (κ3) is 11.4. The van der Waals surface area contributed by atoms with E-state index in [4.69, 9.17) is 4.74 Å². The average Bonchev–Trinajstić information content (AvgIpc) is 2.86. The van der Waals surface area contributed by atoms with Crippen molar-refractivity contribution in [1.82, 2.24) is 15.3 Å². The first-order valence-corrected chi connectivity index (χ1v) is 15.7. The van der Waals surface area contributed by atoms with Crippen LogP contribution in [0.15, 0.2) is 46.6 Å². The Bertz CT molecular complexity index is 1070. The lowest BCUT2D eigenvalue weighted by Gasteiger charge is -2.40. The Morgan fingerprint density at radius 1 is 1.08 bits per heavy atom. The monoisotopic (exact) mass is 619 g/mol. The SMILES string of the molecule is CC1(NC(=O)OC(C)(C)C)CCN(c2cnc(Sc3cccc(NC(=O)CCCCCCCBr)c3)cn2)CC1. The van der Waals surface area contributed by atoms with Gasteiger partial charge in [0, 0.05) is 41.0 Å². The van der Waals surface area contributed by atoms with Gasteiger partial charge in [-0.05, 0) is 71.6 Å². The molecule has 1 saturated heterocycles. The van der Waals surface area contributed by atoms with Crippen molar-refractivity contribution in [3.8, 4) is 0 Å². The zero-order valence-corrected chi connectivity index (χ0v) is 26.0. The molecule has 2 aromatic rings. The molecule has 1 aromatic heterocycles. The lowest BCUT2D eigenvalue weighted by atomic mass is 9.90. The molecule has 0 spiro atoms. The fourth-order valence-corrected chi connectivity index (χ4v) is 5.50. The quantitative estimate of drug-likeness (QED) is 0.192. The van der Waals surface area contributed by atoms with Gasteiger partial charge >= 0.3 is 6.09 Å². The van der Waals surface area contributed by atoms with E-state index in [1.54, 1.807) is 12.4 Å². The topological polar surface area (TPSA) is 96.5 Å². The highest BCUT2D eigenvalue weighted by Crippen LogP contribution is 2.30. The van der Waals surface area contributed by atoms with Gasteiger partial charge in [-0.1, -0.05) is 53.0 Å². The zero-order valence-electron chi connectivity index (χ0n) is 23.6. The number of benzene rings is 1. The third-order valence-electron chi connectivity index (χ3n) is 6.49. The van der Waals surface area contributed by atoms with E-state index in [-0.39, 0.29) is 17.5 Å². The number of carbonyl (C=O) groups excluding carboxylic acids is 2. The van der Waals surface area contributed by atoms with Crippen molar-refractivity contribution in [2.24, 2.45) is 0 Å². The summed E-state index contributed by atoms with van der Waals surface area (Å²) in [5.41, 5.74) is -0.0295. The predicted octanol–water partition coefficient (Wildman–Crippen LogP) is 7.19. The van der Waals surface area contributed by atoms with Crippen molar-refractivity contribution in [1.29, 1.82) is 0 Å². The van der Waals surface area contributed by atoms with E-state index in [0.29, 0.717) is 6.42 Å². The Morgan fingerprint density at radius 2 is 1.79 bits per heavy atom. The van der Waals surface area contributed by atoms with Crippen LogP contribution in [-0.2, 0) is 9.53 Å². The molecule has 0 radical (unpaired) electrons. The zero-order chi connectivity index (χ0) is 28.3. The number of ether oxygens (including phenoxy) is 1. The normalized spacial score (nSPS) is 15.1. The maximum Gasteiger partial charge on any atom is 0.408 e. The van der Waals surface area contributed by atoms with Crippen LogP contribution in [0.4, 0.5) is 16.3 Å². The lowest BCUT2D eigenvalue weighted by molar-refractivity contribution is -0.116. The number of anilines is 2. The number of hydrogen-bond donors (Lipinski definition) is 2. The van der Waals surface area contributed by atoms with E-state index in [1.165, 1.54) is 31.0 Å². The maximum absolute atomic E-state index is 12.3. The predicted molar refractivity (Wildman–Crippen MR) is 162 cm³/mol. The molecule has 1 aliphatic heterocycles. The van der Waals surface area contributed by atoms with Gasteiger partial charge in [0.25, 0.3) is 0 Å². The molecule has 214 valence electrons. The van der Waals surface area contributed by atoms with Gasteiger partial charge < -0.3 is 20.3 Å². The molecule has 2 N–H and O–H groups in total. The minimum Gasteiger partial charge on any atom is -0.444 e. The van der Waals surface area contributed by atoms with Gasteiger partial charge in [-0.15, -0.1) is 0 Å². The molecule has 10 heteroatoms. The largest absolute Gasteiger partial charge is 0.444 e. The Morgan fingerprint density at radius 3 is 2.46 bits per heavy atom. The summed E-state index contributed by atoms with van der Waals surface area (Å²) in [5.74, 6) is 0.882. The highest BCUT2D eigenvalue weighted by molar-refractivity contribution is 9.09. The molecule has 3 rings (SSSR count). The highest BCUT2D eigenvalue weighted by Gasteiger charge is 2.33. The van der Waals surface area contributed by atoms with Crippen molar-refractivity contribution < 1.29 is 14.3 Å². The summed E-state index contributed by atoms with van der Waals surface area (Å²) < 4.78 is 5.43. The van der Waals surface area contributed by atoms with Crippen molar-refractivity contribution in [2.75, 3.05) is 28.6 Å². The molecule has 8 nitrogen and oxygen atoms in total. The molecule has 0 bridgehead atoms. The van der Waals surface area contributed by atoms with Crippen LogP contribution in [0, 0.1) is 0 Å². The van der Waals surface area contributed by atoms with Gasteiger partial charge in [0.1, 0.15) is 16.4 Å². The Balaban J connectivity index is 1.45. The minimum atomic E-state index is -0.516. The van der Waals surface area contributed by atoms with Crippen LogP contribution in [0.1, 0.15) is 79.1 Å². The molecular weight excluding hydrogens is 578 g/mol. The smallest absolute Gasteiger partial charge is 0.408 e. The molecule has 0 unspecified atom stereocenters. The summed E-state index contributed by atoms with van der Waals surface area (Å²) in [6.07, 6.45) is 10.9. The summed E-state index contributed by atoms with van der Waals surface area (Å²) in [6, 6.07) is 7.82. The van der Waals surface area contributed by atoms with Gasteiger partial charge in [-0.25, -0.2) is 14.8 Å². The van der Waals surface area contributed by atoms with E-state index >= 15 is 0 Å². The number of halogens is 1. The summed E-state index contributed by atoms with van der Waals surface area (Å²) in [6.45, 7) is 9.19. The van der Waals surface area contributed by atoms with E-state index in [9.17, 15) is 9.59 Å². The van der Waals surface area contributed by atoms with E-state index in [0.717, 1.165) is 65.5 Å². The fraction of sp³-hybridized carbons (Fsp3) is 0.586. The fourth-order valence-electron chi connectivity index (χ4n) is 4.32. The molecule has 0 saturated carbocycles. The Labute approximate surface area is 245 Å². The number of unbranched alkanes of at least 4 members (excludes halogenated alkanes) is 4. The number of hydrogen-bond acceptors (Lipinski definition) is 7. The van der Waals surface area contributed by atoms with E-state index < -0.39 is 5.60 Å². The standard InChI is InChI=1S/C29H42BrN5O3S/c1-28(2,3)38-27(37)34-29(4)14-17-35(18-15-29)24-20-32-26(21-31-24)39-23-12-10-11-22(19-23)33-25(36)13-8-6-5-7-9-16-30/h10-12,19-21H,5-9,13-18H2,1-4H3,(H,33,36)(H,34,37). The molecule has 2 heterocycles. The van der Waals surface area contributed by atoms with E-state index in [1.807, 2.05) is 45.0 Å². The van der Waals surface area contributed by atoms with Crippen LogP contribution in [0.25, 0.3) is 0 Å². The summed E-state index contributed by atoms with van der Waals surface area (Å²) in [7, 11) is 0. The molecule has 1 aliphatic rings. The van der Waals surface area contributed by atoms with Gasteiger partial charge in [-0.3, -0.25) is 4.79 Å². The molecule has 0 aliphatic carbocycles. The third-order valence-corrected chi connectivity index (χ3v) is 7.96. The van der Waals surface area contributed by atoms with Crippen molar-refractivity contribution in [3.05, 3.63) is 36.7 Å². The first-order valence-electron chi connectivity index (χ1n) is 13.8. The highest BCUT2D eigenvalue weighted by atomic mass is 79.9. The molecule has 2 amide bonds. The molecule has 1 aromatic carbocycles. The van der Waals surface area contributed by atoms with Gasteiger partial charge in [0.15, 0.2) is 0 Å². The second kappa shape index (κ2) is 14.9. The minimum absolute atomic E-state index is 0.0562. The van der Waals surface area contributed by atoms with Crippen LogP contribution in [-0.4, -0.2) is 51.5 Å². The summed E-state index contributed by atoms with van der Waals surface area (Å²) in [4.78, 5) is 37.0. The molecule has 0 atom stereocenters. The molecule has 1 fully saturated rings. The van der Waals surface area contributed by atoms with Crippen LogP contribution < -0.4 is 15.5 Å². The number of alkyl carbamates (subject to hydrolysis) is 1. The van der Waals surface area contributed by atoms with Crippen molar-refractivity contribution in [3.63, 3.8) is 0 Å². The number of piperidine rings is 1. The second-order valence-electron chi connectivity index (χ2n) is 11.3. The number of alkyl halides is 1. The number of rotatable bonds is 12.